The molecule has 23 heavy (non-hydrogen) atoms. The lowest BCUT2D eigenvalue weighted by molar-refractivity contribution is 0.0398. The molecule has 1 saturated heterocycles. The highest BCUT2D eigenvalue weighted by Crippen LogP contribution is 2.28. The molecule has 0 radical (unpaired) electrons. The van der Waals surface area contributed by atoms with E-state index in [0.717, 1.165) is 31.8 Å². The lowest BCUT2D eigenvalue weighted by atomic mass is 10.1. The number of halogens is 2. The van der Waals surface area contributed by atoms with Crippen molar-refractivity contribution >= 4 is 16.6 Å². The van der Waals surface area contributed by atoms with Gasteiger partial charge in [-0.25, -0.2) is 8.78 Å². The van der Waals surface area contributed by atoms with Crippen molar-refractivity contribution in [3.05, 3.63) is 35.5 Å². The van der Waals surface area contributed by atoms with Gasteiger partial charge in [0.15, 0.2) is 0 Å². The monoisotopic (exact) mass is 318 g/mol. The molecule has 3 rings (SSSR count). The predicted octanol–water partition coefficient (Wildman–Crippen LogP) is 2.13. The molecule has 0 aliphatic carbocycles. The third-order valence-corrected chi connectivity index (χ3v) is 3.84. The van der Waals surface area contributed by atoms with Gasteiger partial charge < -0.3 is 10.1 Å². The fourth-order valence-corrected chi connectivity index (χ4v) is 2.67. The van der Waals surface area contributed by atoms with Gasteiger partial charge in [-0.2, -0.15) is 5.26 Å². The molecule has 2 aromatic rings. The number of fused-ring (bicyclic) bond motifs is 1. The topological polar surface area (TPSA) is 61.2 Å². The lowest BCUT2D eigenvalue weighted by Crippen LogP contribution is -2.39. The van der Waals surface area contributed by atoms with E-state index >= 15 is 0 Å². The standard InChI is InChI=1S/C16H16F2N4O/c17-12-7-13(18)15-14(8-12)21-10-11(9-19)16(15)20-1-2-22-3-5-23-6-4-22/h7-8,10H,1-6H2,(H,20,21). The van der Waals surface area contributed by atoms with E-state index in [-0.39, 0.29) is 16.5 Å². The van der Waals surface area contributed by atoms with Crippen LogP contribution < -0.4 is 5.32 Å². The number of nitrogens with one attached hydrogen (secondary N) is 1. The second-order valence-corrected chi connectivity index (χ2v) is 5.32. The zero-order valence-electron chi connectivity index (χ0n) is 12.5. The minimum absolute atomic E-state index is 0.146. The number of hydrogen-bond donors (Lipinski definition) is 1. The molecule has 0 bridgehead atoms. The van der Waals surface area contributed by atoms with Crippen LogP contribution in [0, 0.1) is 23.0 Å². The number of hydrogen-bond acceptors (Lipinski definition) is 5. The van der Waals surface area contributed by atoms with Gasteiger partial charge in [-0.05, 0) is 0 Å². The Balaban J connectivity index is 1.84. The number of morpholine rings is 1. The molecule has 5 nitrogen and oxygen atoms in total. The lowest BCUT2D eigenvalue weighted by Gasteiger charge is -2.26. The number of ether oxygens (including phenoxy) is 1. The van der Waals surface area contributed by atoms with E-state index in [1.807, 2.05) is 6.07 Å². The molecule has 0 spiro atoms. The quantitative estimate of drug-likeness (QED) is 0.936. The molecule has 0 saturated carbocycles. The average Bonchev–Trinajstić information content (AvgIpc) is 2.55. The zero-order chi connectivity index (χ0) is 16.2. The molecule has 1 aliphatic heterocycles. The Morgan fingerprint density at radius 3 is 2.83 bits per heavy atom. The van der Waals surface area contributed by atoms with Gasteiger partial charge in [0, 0.05) is 44.5 Å². The minimum atomic E-state index is -0.724. The van der Waals surface area contributed by atoms with Crippen molar-refractivity contribution in [2.24, 2.45) is 0 Å². The van der Waals surface area contributed by atoms with Crippen LogP contribution in [0.4, 0.5) is 14.5 Å². The van der Waals surface area contributed by atoms with Gasteiger partial charge in [0.05, 0.1) is 35.4 Å². The maximum Gasteiger partial charge on any atom is 0.137 e. The molecule has 1 aromatic carbocycles. The summed E-state index contributed by atoms with van der Waals surface area (Å²) in [6.07, 6.45) is 1.33. The second kappa shape index (κ2) is 6.86. The first-order valence-electron chi connectivity index (χ1n) is 7.41. The van der Waals surface area contributed by atoms with Gasteiger partial charge in [-0.1, -0.05) is 0 Å². The van der Waals surface area contributed by atoms with Crippen molar-refractivity contribution in [3.63, 3.8) is 0 Å². The van der Waals surface area contributed by atoms with E-state index in [0.29, 0.717) is 25.4 Å². The number of nitrogens with zero attached hydrogens (tertiary/aromatic N) is 3. The summed E-state index contributed by atoms with van der Waals surface area (Å²) in [4.78, 5) is 6.19. The Kier molecular flexibility index (Phi) is 4.65. The third kappa shape index (κ3) is 3.38. The fourth-order valence-electron chi connectivity index (χ4n) is 2.67. The molecule has 1 N–H and O–H groups in total. The number of aromatic nitrogens is 1. The largest absolute Gasteiger partial charge is 0.382 e. The maximum absolute atomic E-state index is 14.1. The van der Waals surface area contributed by atoms with Crippen LogP contribution in [0.1, 0.15) is 5.56 Å². The van der Waals surface area contributed by atoms with E-state index < -0.39 is 11.6 Å². The van der Waals surface area contributed by atoms with E-state index in [4.69, 9.17) is 4.74 Å². The van der Waals surface area contributed by atoms with Crippen LogP contribution in [0.3, 0.4) is 0 Å². The number of nitriles is 1. The van der Waals surface area contributed by atoms with Crippen LogP contribution in [0.5, 0.6) is 0 Å². The summed E-state index contributed by atoms with van der Waals surface area (Å²) < 4.78 is 32.8. The summed E-state index contributed by atoms with van der Waals surface area (Å²) in [6, 6.07) is 3.96. The fraction of sp³-hybridized carbons (Fsp3) is 0.375. The normalized spacial score (nSPS) is 15.5. The molecule has 1 aromatic heterocycles. The molecule has 1 fully saturated rings. The Labute approximate surface area is 132 Å². The SMILES string of the molecule is N#Cc1cnc2cc(F)cc(F)c2c1NCCN1CCOCC1. The molecule has 0 unspecified atom stereocenters. The maximum atomic E-state index is 14.1. The van der Waals surface area contributed by atoms with Crippen molar-refractivity contribution in [2.75, 3.05) is 44.7 Å². The molecule has 120 valence electrons. The summed E-state index contributed by atoms with van der Waals surface area (Å²) in [7, 11) is 0. The van der Waals surface area contributed by atoms with Crippen molar-refractivity contribution in [2.45, 2.75) is 0 Å². The molecule has 2 heterocycles. The Morgan fingerprint density at radius 2 is 2.09 bits per heavy atom. The third-order valence-electron chi connectivity index (χ3n) is 3.84. The summed E-state index contributed by atoms with van der Waals surface area (Å²) in [6.45, 7) is 4.41. The minimum Gasteiger partial charge on any atom is -0.382 e. The Hall–Kier alpha value is -2.30. The zero-order valence-corrected chi connectivity index (χ0v) is 12.5. The van der Waals surface area contributed by atoms with Crippen molar-refractivity contribution in [3.8, 4) is 6.07 Å². The summed E-state index contributed by atoms with van der Waals surface area (Å²) in [5.41, 5.74) is 0.795. The van der Waals surface area contributed by atoms with Gasteiger partial charge in [0.2, 0.25) is 0 Å². The van der Waals surface area contributed by atoms with E-state index in [2.05, 4.69) is 15.2 Å². The summed E-state index contributed by atoms with van der Waals surface area (Å²) >= 11 is 0. The molecule has 0 atom stereocenters. The predicted molar refractivity (Wildman–Crippen MR) is 82.1 cm³/mol. The molecule has 0 amide bonds. The van der Waals surface area contributed by atoms with Gasteiger partial charge in [-0.3, -0.25) is 9.88 Å². The highest BCUT2D eigenvalue weighted by Gasteiger charge is 2.15. The van der Waals surface area contributed by atoms with Crippen LogP contribution in [0.2, 0.25) is 0 Å². The highest BCUT2D eigenvalue weighted by atomic mass is 19.1. The number of anilines is 1. The summed E-state index contributed by atoms with van der Waals surface area (Å²) in [5, 5.41) is 12.5. The van der Waals surface area contributed by atoms with Crippen LogP contribution in [0.25, 0.3) is 10.9 Å². The van der Waals surface area contributed by atoms with Crippen LogP contribution >= 0.6 is 0 Å². The van der Waals surface area contributed by atoms with Crippen molar-refractivity contribution in [1.29, 1.82) is 5.26 Å². The van der Waals surface area contributed by atoms with Crippen molar-refractivity contribution < 1.29 is 13.5 Å². The van der Waals surface area contributed by atoms with Crippen LogP contribution in [0.15, 0.2) is 18.3 Å². The van der Waals surface area contributed by atoms with Gasteiger partial charge >= 0.3 is 0 Å². The summed E-state index contributed by atoms with van der Waals surface area (Å²) in [5.74, 6) is -1.41. The van der Waals surface area contributed by atoms with Gasteiger partial charge in [0.25, 0.3) is 0 Å². The number of benzene rings is 1. The molecule has 1 aliphatic rings. The molecular weight excluding hydrogens is 302 g/mol. The Bertz CT molecular complexity index is 754. The highest BCUT2D eigenvalue weighted by molar-refractivity contribution is 5.94. The van der Waals surface area contributed by atoms with E-state index in [1.165, 1.54) is 6.20 Å². The van der Waals surface area contributed by atoms with Crippen molar-refractivity contribution in [1.82, 2.24) is 9.88 Å². The first-order chi connectivity index (χ1) is 11.2. The first kappa shape index (κ1) is 15.6. The van der Waals surface area contributed by atoms with Gasteiger partial charge in [0.1, 0.15) is 17.7 Å². The van der Waals surface area contributed by atoms with E-state index in [1.54, 1.807) is 0 Å². The average molecular weight is 318 g/mol. The van der Waals surface area contributed by atoms with E-state index in [9.17, 15) is 14.0 Å². The molecular formula is C16H16F2N4O. The second-order valence-electron chi connectivity index (χ2n) is 5.32. The molecule has 7 heteroatoms. The Morgan fingerprint density at radius 1 is 1.30 bits per heavy atom. The first-order valence-corrected chi connectivity index (χ1v) is 7.41. The van der Waals surface area contributed by atoms with Crippen LogP contribution in [-0.4, -0.2) is 49.3 Å². The number of pyridine rings is 1. The number of rotatable bonds is 4. The smallest absolute Gasteiger partial charge is 0.137 e. The van der Waals surface area contributed by atoms with Gasteiger partial charge in [-0.15, -0.1) is 0 Å². The van der Waals surface area contributed by atoms with Crippen LogP contribution in [-0.2, 0) is 4.74 Å².